The predicted molar refractivity (Wildman–Crippen MR) is 95.7 cm³/mol. The Kier molecular flexibility index (Phi) is 4.55. The standard InChI is InChI=1S/C18H16ClNO2S/c1-11(12-6-4-3-5-7-12)20-18(21)17-16(22-2)14-9-8-13(19)10-15(14)23-17/h3-11H,1-2H3,(H,20,21)/t11-/m1/s1. The molecular formula is C18H16ClNO2S. The molecule has 0 saturated heterocycles. The maximum atomic E-state index is 12.6. The maximum Gasteiger partial charge on any atom is 0.265 e. The maximum absolute atomic E-state index is 12.6. The van der Waals surface area contributed by atoms with E-state index in [1.54, 1.807) is 13.2 Å². The molecule has 1 N–H and O–H groups in total. The Morgan fingerprint density at radius 2 is 1.96 bits per heavy atom. The number of thiophene rings is 1. The summed E-state index contributed by atoms with van der Waals surface area (Å²) in [7, 11) is 1.58. The molecule has 1 atom stereocenters. The summed E-state index contributed by atoms with van der Waals surface area (Å²) in [6.07, 6.45) is 0. The molecule has 1 aromatic heterocycles. The van der Waals surface area contributed by atoms with Crippen LogP contribution >= 0.6 is 22.9 Å². The number of ether oxygens (including phenoxy) is 1. The predicted octanol–water partition coefficient (Wildman–Crippen LogP) is 5.05. The minimum atomic E-state index is -0.143. The Balaban J connectivity index is 1.91. The van der Waals surface area contributed by atoms with E-state index in [4.69, 9.17) is 16.3 Å². The number of hydrogen-bond acceptors (Lipinski definition) is 3. The molecule has 118 valence electrons. The first-order chi connectivity index (χ1) is 11.1. The van der Waals surface area contributed by atoms with Crippen molar-refractivity contribution in [1.82, 2.24) is 5.32 Å². The van der Waals surface area contributed by atoms with Gasteiger partial charge in [0, 0.05) is 15.1 Å². The minimum Gasteiger partial charge on any atom is -0.494 e. The fourth-order valence-electron chi connectivity index (χ4n) is 2.49. The smallest absolute Gasteiger partial charge is 0.265 e. The molecule has 0 saturated carbocycles. The molecule has 0 unspecified atom stereocenters. The number of carbonyl (C=O) groups is 1. The first-order valence-electron chi connectivity index (χ1n) is 7.22. The first-order valence-corrected chi connectivity index (χ1v) is 8.41. The van der Waals surface area contributed by atoms with Crippen LogP contribution < -0.4 is 10.1 Å². The second-order valence-corrected chi connectivity index (χ2v) is 6.70. The highest BCUT2D eigenvalue weighted by molar-refractivity contribution is 7.21. The second-order valence-electron chi connectivity index (χ2n) is 5.21. The summed E-state index contributed by atoms with van der Waals surface area (Å²) < 4.78 is 6.39. The summed E-state index contributed by atoms with van der Waals surface area (Å²) in [5.74, 6) is 0.454. The number of halogens is 1. The Labute approximate surface area is 143 Å². The normalized spacial score (nSPS) is 12.1. The number of carbonyl (C=O) groups excluding carboxylic acids is 1. The molecule has 0 aliphatic rings. The summed E-state index contributed by atoms with van der Waals surface area (Å²) in [5, 5.41) is 4.57. The van der Waals surface area contributed by atoms with E-state index < -0.39 is 0 Å². The van der Waals surface area contributed by atoms with E-state index in [0.717, 1.165) is 15.6 Å². The molecule has 3 aromatic rings. The summed E-state index contributed by atoms with van der Waals surface area (Å²) in [6, 6.07) is 15.3. The van der Waals surface area contributed by atoms with Gasteiger partial charge in [-0.2, -0.15) is 0 Å². The SMILES string of the molecule is COc1c(C(=O)N[C@H](C)c2ccccc2)sc2cc(Cl)ccc12. The molecule has 3 nitrogen and oxygen atoms in total. The zero-order chi connectivity index (χ0) is 16.4. The van der Waals surface area contributed by atoms with E-state index in [-0.39, 0.29) is 11.9 Å². The molecule has 0 bridgehead atoms. The van der Waals surface area contributed by atoms with Gasteiger partial charge in [-0.1, -0.05) is 41.9 Å². The highest BCUT2D eigenvalue weighted by Gasteiger charge is 2.21. The summed E-state index contributed by atoms with van der Waals surface area (Å²) in [5.41, 5.74) is 1.06. The van der Waals surface area contributed by atoms with Gasteiger partial charge in [-0.15, -0.1) is 11.3 Å². The number of nitrogens with one attached hydrogen (secondary N) is 1. The van der Waals surface area contributed by atoms with Gasteiger partial charge in [-0.3, -0.25) is 4.79 Å². The lowest BCUT2D eigenvalue weighted by Gasteiger charge is -2.14. The van der Waals surface area contributed by atoms with Gasteiger partial charge in [0.05, 0.1) is 13.2 Å². The number of fused-ring (bicyclic) bond motifs is 1. The average Bonchev–Trinajstić information content (AvgIpc) is 2.93. The van der Waals surface area contributed by atoms with Crippen LogP contribution in [0.25, 0.3) is 10.1 Å². The van der Waals surface area contributed by atoms with Crippen molar-refractivity contribution in [3.05, 3.63) is 64.0 Å². The molecule has 0 aliphatic heterocycles. The third-order valence-electron chi connectivity index (χ3n) is 3.66. The van der Waals surface area contributed by atoms with E-state index in [9.17, 15) is 4.79 Å². The summed E-state index contributed by atoms with van der Waals surface area (Å²) in [6.45, 7) is 1.96. The van der Waals surface area contributed by atoms with E-state index in [1.165, 1.54) is 11.3 Å². The highest BCUT2D eigenvalue weighted by atomic mass is 35.5. The molecule has 0 radical (unpaired) electrons. The largest absolute Gasteiger partial charge is 0.494 e. The van der Waals surface area contributed by atoms with E-state index in [1.807, 2.05) is 49.4 Å². The van der Waals surface area contributed by atoms with Crippen LogP contribution in [0.2, 0.25) is 5.02 Å². The molecule has 0 aliphatic carbocycles. The van der Waals surface area contributed by atoms with Crippen molar-refractivity contribution >= 4 is 38.9 Å². The Morgan fingerprint density at radius 3 is 2.65 bits per heavy atom. The lowest BCUT2D eigenvalue weighted by Crippen LogP contribution is -2.26. The van der Waals surface area contributed by atoms with Gasteiger partial charge in [0.15, 0.2) is 0 Å². The van der Waals surface area contributed by atoms with Crippen molar-refractivity contribution in [2.75, 3.05) is 7.11 Å². The van der Waals surface area contributed by atoms with Crippen LogP contribution in [0.3, 0.4) is 0 Å². The molecular weight excluding hydrogens is 330 g/mol. The van der Waals surface area contributed by atoms with E-state index >= 15 is 0 Å². The topological polar surface area (TPSA) is 38.3 Å². The molecule has 3 rings (SSSR count). The van der Waals surface area contributed by atoms with Crippen LogP contribution in [0.4, 0.5) is 0 Å². The first kappa shape index (κ1) is 15.8. The molecule has 0 fully saturated rings. The van der Waals surface area contributed by atoms with Gasteiger partial charge in [0.25, 0.3) is 5.91 Å². The van der Waals surface area contributed by atoms with E-state index in [2.05, 4.69) is 5.32 Å². The van der Waals surface area contributed by atoms with Crippen LogP contribution in [0.5, 0.6) is 5.75 Å². The Hall–Kier alpha value is -2.04. The Morgan fingerprint density at radius 1 is 1.22 bits per heavy atom. The Bertz CT molecular complexity index is 845. The van der Waals surface area contributed by atoms with Crippen LogP contribution in [-0.4, -0.2) is 13.0 Å². The van der Waals surface area contributed by atoms with Gasteiger partial charge < -0.3 is 10.1 Å². The third-order valence-corrected chi connectivity index (χ3v) is 5.03. The van der Waals surface area contributed by atoms with Crippen molar-refractivity contribution in [3.8, 4) is 5.75 Å². The summed E-state index contributed by atoms with van der Waals surface area (Å²) in [4.78, 5) is 13.2. The monoisotopic (exact) mass is 345 g/mol. The van der Waals surface area contributed by atoms with Gasteiger partial charge in [0.1, 0.15) is 10.6 Å². The van der Waals surface area contributed by atoms with Crippen molar-refractivity contribution < 1.29 is 9.53 Å². The fraction of sp³-hybridized carbons (Fsp3) is 0.167. The van der Waals surface area contributed by atoms with Crippen LogP contribution in [0.1, 0.15) is 28.2 Å². The average molecular weight is 346 g/mol. The van der Waals surface area contributed by atoms with Crippen molar-refractivity contribution in [2.45, 2.75) is 13.0 Å². The lowest BCUT2D eigenvalue weighted by molar-refractivity contribution is 0.0941. The van der Waals surface area contributed by atoms with Crippen molar-refractivity contribution in [3.63, 3.8) is 0 Å². The van der Waals surface area contributed by atoms with Gasteiger partial charge in [-0.25, -0.2) is 0 Å². The lowest BCUT2D eigenvalue weighted by atomic mass is 10.1. The quantitative estimate of drug-likeness (QED) is 0.718. The number of benzene rings is 2. The van der Waals surface area contributed by atoms with Gasteiger partial charge in [0.2, 0.25) is 0 Å². The minimum absolute atomic E-state index is 0.0813. The van der Waals surface area contributed by atoms with Gasteiger partial charge in [-0.05, 0) is 30.7 Å². The number of hydrogen-bond donors (Lipinski definition) is 1. The van der Waals surface area contributed by atoms with Crippen molar-refractivity contribution in [1.29, 1.82) is 0 Å². The highest BCUT2D eigenvalue weighted by Crippen LogP contribution is 2.39. The van der Waals surface area contributed by atoms with Crippen LogP contribution in [-0.2, 0) is 0 Å². The zero-order valence-electron chi connectivity index (χ0n) is 12.8. The molecule has 2 aromatic carbocycles. The fourth-order valence-corrected chi connectivity index (χ4v) is 3.84. The molecule has 5 heteroatoms. The molecule has 0 spiro atoms. The third kappa shape index (κ3) is 3.19. The van der Waals surface area contributed by atoms with Crippen molar-refractivity contribution in [2.24, 2.45) is 0 Å². The zero-order valence-corrected chi connectivity index (χ0v) is 14.4. The van der Waals surface area contributed by atoms with Crippen LogP contribution in [0.15, 0.2) is 48.5 Å². The van der Waals surface area contributed by atoms with Gasteiger partial charge >= 0.3 is 0 Å². The number of methoxy groups -OCH3 is 1. The number of rotatable bonds is 4. The molecule has 1 amide bonds. The summed E-state index contributed by atoms with van der Waals surface area (Å²) >= 11 is 7.42. The van der Waals surface area contributed by atoms with Crippen LogP contribution in [0, 0.1) is 0 Å². The molecule has 1 heterocycles. The van der Waals surface area contributed by atoms with E-state index in [0.29, 0.717) is 15.6 Å². The number of amides is 1. The second kappa shape index (κ2) is 6.60. The molecule has 23 heavy (non-hydrogen) atoms.